The number of ketones is 1. The maximum atomic E-state index is 14.1. The molecule has 0 aliphatic carbocycles. The third-order valence-electron chi connectivity index (χ3n) is 14.4. The monoisotopic (exact) mass is 948 g/mol. The van der Waals surface area contributed by atoms with Crippen LogP contribution in [0.15, 0.2) is 24.3 Å². The molecule has 10 nitrogen and oxygen atoms in total. The molecule has 0 radical (unpaired) electrons. The van der Waals surface area contributed by atoms with E-state index in [9.17, 15) is 4.79 Å². The third kappa shape index (κ3) is 6.29. The van der Waals surface area contributed by atoms with Crippen LogP contribution in [0.1, 0.15) is 97.3 Å². The molecule has 12 bridgehead atoms. The Morgan fingerprint density at radius 3 is 2.40 bits per heavy atom. The number of rotatable bonds is 2. The van der Waals surface area contributed by atoms with Crippen molar-refractivity contribution in [1.82, 2.24) is 0 Å². The van der Waals surface area contributed by atoms with Gasteiger partial charge in [-0.2, -0.15) is 0 Å². The van der Waals surface area contributed by atoms with Crippen molar-refractivity contribution >= 4 is 51.0 Å². The molecule has 288 valence electrons. The zero-order chi connectivity index (χ0) is 35.7. The molecule has 12 heteroatoms. The SMILES string of the molecule is C=C1C[C@@H]2CC[C@@]34C[C@@]5(I)O[C@H]6[C@@H](O3)[C@H]3OC(CC[C@@H]3O[C@@]6(I)[C@H]5O4)CC(=O)C[C@@H]3[C@@H](C)[C@@H](C[C@H]4CO4)O[C@H]3CC3O[C@@H](CCC1O2)C[C@@H](C)C3=C. The topological polar surface area (TPSA) is 103 Å². The second-order valence-electron chi connectivity index (χ2n) is 17.9. The van der Waals surface area contributed by atoms with E-state index in [0.717, 1.165) is 70.0 Å². The van der Waals surface area contributed by atoms with Crippen molar-refractivity contribution in [1.29, 1.82) is 0 Å². The van der Waals surface area contributed by atoms with Gasteiger partial charge in [-0.25, -0.2) is 0 Å². The minimum atomic E-state index is -0.818. The fourth-order valence-corrected chi connectivity index (χ4v) is 14.9. The predicted molar refractivity (Wildman–Crippen MR) is 205 cm³/mol. The van der Waals surface area contributed by atoms with Crippen molar-refractivity contribution in [3.05, 3.63) is 24.3 Å². The largest absolute Gasteiger partial charge is 0.374 e. The third-order valence-corrected chi connectivity index (χ3v) is 17.0. The quantitative estimate of drug-likeness (QED) is 0.129. The van der Waals surface area contributed by atoms with Gasteiger partial charge in [-0.3, -0.25) is 4.79 Å². The Kier molecular flexibility index (Phi) is 9.43. The summed E-state index contributed by atoms with van der Waals surface area (Å²) in [5.74, 6) is 0.104. The zero-order valence-corrected chi connectivity index (χ0v) is 34.7. The van der Waals surface area contributed by atoms with Crippen LogP contribution in [-0.2, 0) is 47.4 Å². The van der Waals surface area contributed by atoms with Crippen LogP contribution in [0.2, 0.25) is 0 Å². The second-order valence-corrected chi connectivity index (χ2v) is 21.5. The summed E-state index contributed by atoms with van der Waals surface area (Å²) >= 11 is 4.90. The molecule has 11 aliphatic heterocycles. The highest BCUT2D eigenvalue weighted by molar-refractivity contribution is 14.1. The van der Waals surface area contributed by atoms with E-state index in [1.165, 1.54) is 5.57 Å². The number of hydrogen-bond donors (Lipinski definition) is 0. The Morgan fingerprint density at radius 2 is 1.58 bits per heavy atom. The zero-order valence-electron chi connectivity index (χ0n) is 30.4. The summed E-state index contributed by atoms with van der Waals surface area (Å²) < 4.78 is 59.6. The van der Waals surface area contributed by atoms with E-state index in [-0.39, 0.29) is 97.0 Å². The van der Waals surface area contributed by atoms with E-state index in [0.29, 0.717) is 31.6 Å². The standard InChI is InChI=1S/C40H54I2O10/c1-19-11-24-5-7-29-20(2)12-26(45-29)9-10-38-18-39(41)37(52-38)40(42)36(51-39)35(50-38)34-30(49-40)8-6-25(47-34)13-23(43)14-28-22(4)31(15-27-17-44-27)48-33(28)16-32(46-24)21(19)3/h19,22,24-37H,2-3,5-18H2,1,4H3/t19-,22-,24+,25?,26+,27+,28-,29?,30+,31-,32?,33+,34+,35+,36+,37+,38-,39-,40-/m1/s1. The van der Waals surface area contributed by atoms with Crippen LogP contribution in [0.3, 0.4) is 0 Å². The Morgan fingerprint density at radius 1 is 0.788 bits per heavy atom. The molecular formula is C40H54I2O10. The summed E-state index contributed by atoms with van der Waals surface area (Å²) in [6.45, 7) is 14.3. The van der Waals surface area contributed by atoms with Gasteiger partial charge in [0.15, 0.2) is 13.0 Å². The molecule has 0 N–H and O–H groups in total. The average molecular weight is 949 g/mol. The molecule has 0 aromatic rings. The van der Waals surface area contributed by atoms with Crippen LogP contribution >= 0.6 is 45.2 Å². The molecule has 52 heavy (non-hydrogen) atoms. The van der Waals surface area contributed by atoms with Crippen molar-refractivity contribution in [2.24, 2.45) is 17.8 Å². The summed E-state index contributed by atoms with van der Waals surface area (Å²) in [7, 11) is 0. The highest BCUT2D eigenvalue weighted by Gasteiger charge is 2.79. The van der Waals surface area contributed by atoms with Crippen molar-refractivity contribution in [3.63, 3.8) is 0 Å². The van der Waals surface area contributed by atoms with Gasteiger partial charge in [0.05, 0.1) is 61.5 Å². The number of epoxide rings is 1. The number of hydrogen-bond acceptors (Lipinski definition) is 10. The number of alkyl halides is 2. The van der Waals surface area contributed by atoms with Gasteiger partial charge in [0, 0.05) is 38.5 Å². The molecule has 19 atom stereocenters. The van der Waals surface area contributed by atoms with Gasteiger partial charge >= 0.3 is 0 Å². The minimum absolute atomic E-state index is 0.0144. The van der Waals surface area contributed by atoms with Crippen LogP contribution in [-0.4, -0.2) is 105 Å². The maximum absolute atomic E-state index is 14.1. The first kappa shape index (κ1) is 36.6. The lowest BCUT2D eigenvalue weighted by Crippen LogP contribution is -2.65. The highest BCUT2D eigenvalue weighted by atomic mass is 127. The Balaban J connectivity index is 0.941. The summed E-state index contributed by atoms with van der Waals surface area (Å²) in [5, 5.41) is 0. The number of carbonyl (C=O) groups excluding carboxylic acids is 1. The molecule has 0 aromatic heterocycles. The van der Waals surface area contributed by atoms with Crippen LogP contribution in [0.4, 0.5) is 0 Å². The summed E-state index contributed by atoms with van der Waals surface area (Å²) in [6, 6.07) is 0. The molecule has 0 amide bonds. The Bertz CT molecular complexity index is 1480. The molecule has 3 unspecified atom stereocenters. The molecule has 1 spiro atoms. The van der Waals surface area contributed by atoms with E-state index < -0.39 is 13.0 Å². The van der Waals surface area contributed by atoms with E-state index in [4.69, 9.17) is 42.6 Å². The number of fused-ring (bicyclic) bond motifs is 6. The van der Waals surface area contributed by atoms with Gasteiger partial charge < -0.3 is 42.6 Å². The Hall–Kier alpha value is 0.250. The fourth-order valence-electron chi connectivity index (χ4n) is 11.4. The van der Waals surface area contributed by atoms with Gasteiger partial charge in [0.2, 0.25) is 0 Å². The number of halogens is 2. The van der Waals surface area contributed by atoms with Crippen LogP contribution in [0.5, 0.6) is 0 Å². The summed E-state index contributed by atoms with van der Waals surface area (Å²) in [4.78, 5) is 14.1. The average Bonchev–Trinajstić information content (AvgIpc) is 3.67. The highest BCUT2D eigenvalue weighted by Crippen LogP contribution is 2.66. The van der Waals surface area contributed by atoms with Crippen molar-refractivity contribution < 1.29 is 47.4 Å². The van der Waals surface area contributed by atoms with Crippen LogP contribution < -0.4 is 0 Å². The van der Waals surface area contributed by atoms with Crippen molar-refractivity contribution in [2.75, 3.05) is 6.61 Å². The maximum Gasteiger partial charge on any atom is 0.177 e. The van der Waals surface area contributed by atoms with Gasteiger partial charge in [-0.05, 0) is 119 Å². The molecule has 11 saturated heterocycles. The summed E-state index contributed by atoms with van der Waals surface area (Å²) in [5.41, 5.74) is 2.31. The first-order chi connectivity index (χ1) is 24.9. The smallest absolute Gasteiger partial charge is 0.177 e. The normalized spacial score (nSPS) is 57.1. The van der Waals surface area contributed by atoms with Gasteiger partial charge in [-0.1, -0.05) is 27.0 Å². The number of ether oxygens (including phenoxy) is 9. The summed E-state index contributed by atoms with van der Waals surface area (Å²) in [6.07, 6.45) is 8.47. The first-order valence-electron chi connectivity index (χ1n) is 20.1. The minimum Gasteiger partial charge on any atom is -0.374 e. The van der Waals surface area contributed by atoms with E-state index in [1.807, 2.05) is 0 Å². The van der Waals surface area contributed by atoms with E-state index in [2.05, 4.69) is 72.2 Å². The Labute approximate surface area is 334 Å². The van der Waals surface area contributed by atoms with E-state index >= 15 is 0 Å². The molecular weight excluding hydrogens is 894 g/mol. The van der Waals surface area contributed by atoms with Crippen molar-refractivity contribution in [2.45, 2.75) is 190 Å². The van der Waals surface area contributed by atoms with Gasteiger partial charge in [0.1, 0.15) is 30.2 Å². The molecule has 0 saturated carbocycles. The predicted octanol–water partition coefficient (Wildman–Crippen LogP) is 6.66. The molecule has 11 aliphatic rings. The van der Waals surface area contributed by atoms with Crippen molar-refractivity contribution in [3.8, 4) is 0 Å². The molecule has 0 aromatic carbocycles. The lowest BCUT2D eigenvalue weighted by atomic mass is 9.79. The van der Waals surface area contributed by atoms with Crippen LogP contribution in [0, 0.1) is 17.8 Å². The number of Topliss-reactive ketones (excluding diaryl/α,β-unsaturated/α-hetero) is 1. The lowest BCUT2D eigenvalue weighted by Gasteiger charge is -2.50. The van der Waals surface area contributed by atoms with Crippen LogP contribution in [0.25, 0.3) is 0 Å². The van der Waals surface area contributed by atoms with E-state index in [1.54, 1.807) is 0 Å². The van der Waals surface area contributed by atoms with Gasteiger partial charge in [0.25, 0.3) is 0 Å². The fraction of sp³-hybridized carbons (Fsp3) is 0.875. The lowest BCUT2D eigenvalue weighted by molar-refractivity contribution is -0.294. The number of carbonyl (C=O) groups is 1. The first-order valence-corrected chi connectivity index (χ1v) is 22.2. The second kappa shape index (κ2) is 13.4. The molecule has 11 heterocycles. The van der Waals surface area contributed by atoms with Gasteiger partial charge in [-0.15, -0.1) is 0 Å². The molecule has 11 rings (SSSR count). The molecule has 11 fully saturated rings.